The first-order valence-electron chi connectivity index (χ1n) is 9.27. The van der Waals surface area contributed by atoms with E-state index in [4.69, 9.17) is 14.2 Å². The number of carbonyl (C=O) groups is 1. The Morgan fingerprint density at radius 2 is 1.52 bits per heavy atom. The summed E-state index contributed by atoms with van der Waals surface area (Å²) >= 11 is 0. The number of aromatic nitrogens is 1. The average molecular weight is 389 g/mol. The number of aryl methyl sites for hydroxylation is 1. The Labute approximate surface area is 170 Å². The van der Waals surface area contributed by atoms with Crippen molar-refractivity contribution in [2.45, 2.75) is 12.8 Å². The zero-order valence-corrected chi connectivity index (χ0v) is 16.5. The molecule has 0 saturated carbocycles. The van der Waals surface area contributed by atoms with Gasteiger partial charge in [0.25, 0.3) is 0 Å². The fraction of sp³-hybridized carbons (Fsp3) is 0.167. The smallest absolute Gasteiger partial charge is 0.311 e. The monoisotopic (exact) mass is 389 g/mol. The second kappa shape index (κ2) is 10.1. The third kappa shape index (κ3) is 5.94. The molecule has 0 saturated heterocycles. The van der Waals surface area contributed by atoms with Gasteiger partial charge in [-0.15, -0.1) is 0 Å². The predicted octanol–water partition coefficient (Wildman–Crippen LogP) is 4.81. The van der Waals surface area contributed by atoms with Gasteiger partial charge < -0.3 is 14.2 Å². The summed E-state index contributed by atoms with van der Waals surface area (Å²) < 4.78 is 15.9. The Hall–Kier alpha value is -3.60. The molecule has 5 heteroatoms. The van der Waals surface area contributed by atoms with E-state index in [0.717, 1.165) is 16.7 Å². The lowest BCUT2D eigenvalue weighted by molar-refractivity contribution is -0.134. The molecule has 29 heavy (non-hydrogen) atoms. The number of esters is 1. The lowest BCUT2D eigenvalue weighted by Gasteiger charge is -2.09. The van der Waals surface area contributed by atoms with Crippen molar-refractivity contribution in [1.82, 2.24) is 4.98 Å². The molecule has 1 aromatic heterocycles. The molecule has 148 valence electrons. The van der Waals surface area contributed by atoms with Crippen LogP contribution in [0.25, 0.3) is 12.2 Å². The Bertz CT molecular complexity index is 966. The van der Waals surface area contributed by atoms with Gasteiger partial charge in [0.15, 0.2) is 11.5 Å². The van der Waals surface area contributed by atoms with Crippen LogP contribution in [0.5, 0.6) is 17.2 Å². The number of methoxy groups -OCH3 is 2. The van der Waals surface area contributed by atoms with Gasteiger partial charge in [0.2, 0.25) is 0 Å². The van der Waals surface area contributed by atoms with Crippen molar-refractivity contribution in [2.75, 3.05) is 14.2 Å². The number of rotatable bonds is 8. The molecule has 0 aliphatic rings. The van der Waals surface area contributed by atoms with E-state index in [1.54, 1.807) is 38.7 Å². The van der Waals surface area contributed by atoms with Crippen molar-refractivity contribution in [3.8, 4) is 17.2 Å². The van der Waals surface area contributed by atoms with E-state index >= 15 is 0 Å². The van der Waals surface area contributed by atoms with E-state index in [0.29, 0.717) is 23.7 Å². The van der Waals surface area contributed by atoms with Gasteiger partial charge in [-0.2, -0.15) is 0 Å². The third-order valence-electron chi connectivity index (χ3n) is 4.35. The fourth-order valence-electron chi connectivity index (χ4n) is 2.78. The van der Waals surface area contributed by atoms with E-state index in [1.165, 1.54) is 0 Å². The number of ether oxygens (including phenoxy) is 3. The Kier molecular flexibility index (Phi) is 7.00. The van der Waals surface area contributed by atoms with Crippen LogP contribution in [0, 0.1) is 0 Å². The van der Waals surface area contributed by atoms with E-state index < -0.39 is 0 Å². The lowest BCUT2D eigenvalue weighted by atomic mass is 10.1. The van der Waals surface area contributed by atoms with E-state index in [-0.39, 0.29) is 12.4 Å². The predicted molar refractivity (Wildman–Crippen MR) is 113 cm³/mol. The van der Waals surface area contributed by atoms with Gasteiger partial charge in [0.05, 0.1) is 14.2 Å². The minimum atomic E-state index is -0.278. The van der Waals surface area contributed by atoms with Crippen LogP contribution in [0.1, 0.15) is 23.1 Å². The normalized spacial score (nSPS) is 10.7. The molecule has 0 bridgehead atoms. The van der Waals surface area contributed by atoms with E-state index in [9.17, 15) is 4.79 Å². The number of hydrogen-bond acceptors (Lipinski definition) is 5. The third-order valence-corrected chi connectivity index (χ3v) is 4.35. The van der Waals surface area contributed by atoms with Gasteiger partial charge in [0.1, 0.15) is 5.75 Å². The molecule has 0 aliphatic heterocycles. The Morgan fingerprint density at radius 3 is 2.17 bits per heavy atom. The first-order valence-corrected chi connectivity index (χ1v) is 9.27. The Balaban J connectivity index is 1.52. The van der Waals surface area contributed by atoms with Crippen LogP contribution in [0.4, 0.5) is 0 Å². The quantitative estimate of drug-likeness (QED) is 0.409. The summed E-state index contributed by atoms with van der Waals surface area (Å²) in [6.07, 6.45) is 8.35. The lowest BCUT2D eigenvalue weighted by Crippen LogP contribution is -2.09. The molecular formula is C24H23NO4. The van der Waals surface area contributed by atoms with Gasteiger partial charge in [0, 0.05) is 18.8 Å². The maximum atomic E-state index is 12.2. The highest BCUT2D eigenvalue weighted by atomic mass is 16.5. The number of pyridine rings is 1. The summed E-state index contributed by atoms with van der Waals surface area (Å²) in [5, 5.41) is 0. The van der Waals surface area contributed by atoms with Crippen LogP contribution < -0.4 is 14.2 Å². The van der Waals surface area contributed by atoms with Crippen molar-refractivity contribution < 1.29 is 19.0 Å². The van der Waals surface area contributed by atoms with Gasteiger partial charge in [-0.3, -0.25) is 9.78 Å². The molecule has 0 spiro atoms. The molecule has 0 fully saturated rings. The topological polar surface area (TPSA) is 57.7 Å². The highest BCUT2D eigenvalue weighted by Crippen LogP contribution is 2.28. The van der Waals surface area contributed by atoms with Crippen molar-refractivity contribution in [1.29, 1.82) is 0 Å². The van der Waals surface area contributed by atoms with Crippen molar-refractivity contribution >= 4 is 18.1 Å². The Morgan fingerprint density at radius 1 is 0.862 bits per heavy atom. The van der Waals surface area contributed by atoms with Crippen LogP contribution in [0.3, 0.4) is 0 Å². The first kappa shape index (κ1) is 20.1. The molecule has 0 N–H and O–H groups in total. The summed E-state index contributed by atoms with van der Waals surface area (Å²) in [4.78, 5) is 16.2. The number of carbonyl (C=O) groups excluding carboxylic acids is 1. The maximum absolute atomic E-state index is 12.2. The summed E-state index contributed by atoms with van der Waals surface area (Å²) in [6.45, 7) is 0. The van der Waals surface area contributed by atoms with Crippen LogP contribution in [-0.2, 0) is 11.2 Å². The molecule has 0 unspecified atom stereocenters. The van der Waals surface area contributed by atoms with Gasteiger partial charge in [-0.25, -0.2) is 0 Å². The molecule has 5 nitrogen and oxygen atoms in total. The van der Waals surface area contributed by atoms with Crippen molar-refractivity contribution in [3.63, 3.8) is 0 Å². The van der Waals surface area contributed by atoms with E-state index in [2.05, 4.69) is 4.98 Å². The van der Waals surface area contributed by atoms with Gasteiger partial charge >= 0.3 is 5.97 Å². The second-order valence-electron chi connectivity index (χ2n) is 6.35. The van der Waals surface area contributed by atoms with E-state index in [1.807, 2.05) is 54.6 Å². The van der Waals surface area contributed by atoms with Crippen LogP contribution in [0.15, 0.2) is 67.0 Å². The minimum Gasteiger partial charge on any atom is -0.493 e. The van der Waals surface area contributed by atoms with Crippen LogP contribution in [-0.4, -0.2) is 25.2 Å². The zero-order chi connectivity index (χ0) is 20.5. The summed E-state index contributed by atoms with van der Waals surface area (Å²) in [5.41, 5.74) is 3.08. The van der Waals surface area contributed by atoms with Crippen molar-refractivity contribution in [2.24, 2.45) is 0 Å². The summed E-state index contributed by atoms with van der Waals surface area (Å²) in [6, 6.07) is 16.9. The number of benzene rings is 2. The van der Waals surface area contributed by atoms with Crippen LogP contribution >= 0.6 is 0 Å². The SMILES string of the molecule is COc1ccc(CCC(=O)Oc2ccc(/C=C/c3ccncc3)cc2)cc1OC. The number of nitrogens with zero attached hydrogens (tertiary/aromatic N) is 1. The first-order chi connectivity index (χ1) is 14.2. The molecular weight excluding hydrogens is 366 g/mol. The summed E-state index contributed by atoms with van der Waals surface area (Å²) in [7, 11) is 3.18. The molecule has 2 aromatic carbocycles. The molecule has 3 rings (SSSR count). The molecule has 0 aliphatic carbocycles. The molecule has 0 atom stereocenters. The minimum absolute atomic E-state index is 0.277. The molecule has 0 amide bonds. The molecule has 0 radical (unpaired) electrons. The fourth-order valence-corrected chi connectivity index (χ4v) is 2.78. The largest absolute Gasteiger partial charge is 0.493 e. The molecule has 1 heterocycles. The average Bonchev–Trinajstić information content (AvgIpc) is 2.77. The summed E-state index contributed by atoms with van der Waals surface area (Å²) in [5.74, 6) is 1.56. The van der Waals surface area contributed by atoms with Gasteiger partial charge in [-0.1, -0.05) is 30.4 Å². The standard InChI is InChI=1S/C24H23NO4/c1-27-22-11-7-20(17-23(22)28-2)8-12-24(26)29-21-9-5-18(6-10-21)3-4-19-13-15-25-16-14-19/h3-7,9-11,13-17H,8,12H2,1-2H3/b4-3+. The number of hydrogen-bond donors (Lipinski definition) is 0. The highest BCUT2D eigenvalue weighted by molar-refractivity contribution is 5.73. The molecule has 3 aromatic rings. The second-order valence-corrected chi connectivity index (χ2v) is 6.35. The van der Waals surface area contributed by atoms with Crippen molar-refractivity contribution in [3.05, 3.63) is 83.7 Å². The van der Waals surface area contributed by atoms with Gasteiger partial charge in [-0.05, 0) is 59.5 Å². The van der Waals surface area contributed by atoms with Crippen LogP contribution in [0.2, 0.25) is 0 Å². The maximum Gasteiger partial charge on any atom is 0.311 e. The zero-order valence-electron chi connectivity index (χ0n) is 16.5. The highest BCUT2D eigenvalue weighted by Gasteiger charge is 2.08.